The molecule has 1 aliphatic rings. The van der Waals surface area contributed by atoms with E-state index in [-0.39, 0.29) is 17.4 Å². The zero-order valence-corrected chi connectivity index (χ0v) is 16.8. The second-order valence-corrected chi connectivity index (χ2v) is 7.43. The zero-order valence-electron chi connectivity index (χ0n) is 16.8. The third-order valence-corrected chi connectivity index (χ3v) is 5.28. The van der Waals surface area contributed by atoms with Crippen LogP contribution >= 0.6 is 0 Å². The van der Waals surface area contributed by atoms with Gasteiger partial charge >= 0.3 is 5.97 Å². The van der Waals surface area contributed by atoms with Gasteiger partial charge in [-0.05, 0) is 55.7 Å². The zero-order chi connectivity index (χ0) is 21.4. The van der Waals surface area contributed by atoms with Crippen molar-refractivity contribution in [3.63, 3.8) is 0 Å². The first-order valence-corrected chi connectivity index (χ1v) is 9.90. The number of nitrogens with one attached hydrogen (secondary N) is 1. The molecule has 7 heteroatoms. The summed E-state index contributed by atoms with van der Waals surface area (Å²) in [7, 11) is 0. The third-order valence-electron chi connectivity index (χ3n) is 5.28. The lowest BCUT2D eigenvalue weighted by molar-refractivity contribution is 0.0505. The number of anilines is 1. The third kappa shape index (κ3) is 3.22. The van der Waals surface area contributed by atoms with Crippen molar-refractivity contribution in [3.8, 4) is 5.75 Å². The molecule has 0 aliphatic carbocycles. The quantitative estimate of drug-likeness (QED) is 0.631. The predicted molar refractivity (Wildman–Crippen MR) is 113 cm³/mol. The Labute approximate surface area is 172 Å². The SMILES string of the molecule is CCCOC(=O)c1ccc(NC(=O)c2c(O)c3cccc4c3n(c2=O)[C@H](C)C4)cc1. The number of carbonyl (C=O) groups is 2. The number of carbonyl (C=O) groups excluding carboxylic acids is 2. The van der Waals surface area contributed by atoms with E-state index in [1.165, 1.54) is 12.1 Å². The molecule has 0 spiro atoms. The number of hydrogen-bond donors (Lipinski definition) is 2. The fourth-order valence-electron chi connectivity index (χ4n) is 3.89. The summed E-state index contributed by atoms with van der Waals surface area (Å²) in [5, 5.41) is 13.8. The van der Waals surface area contributed by atoms with Crippen molar-refractivity contribution in [2.24, 2.45) is 0 Å². The van der Waals surface area contributed by atoms with Crippen molar-refractivity contribution in [1.82, 2.24) is 4.57 Å². The number of para-hydroxylation sites is 1. The molecule has 30 heavy (non-hydrogen) atoms. The molecular formula is C23H22N2O5. The molecule has 0 saturated heterocycles. The van der Waals surface area contributed by atoms with Crippen LogP contribution in [0.15, 0.2) is 47.3 Å². The van der Waals surface area contributed by atoms with Crippen molar-refractivity contribution in [2.75, 3.05) is 11.9 Å². The molecule has 154 valence electrons. The van der Waals surface area contributed by atoms with Gasteiger partial charge in [-0.25, -0.2) is 4.79 Å². The van der Waals surface area contributed by atoms with E-state index in [1.807, 2.05) is 26.0 Å². The standard InChI is InChI=1S/C23H22N2O5/c1-3-11-30-23(29)14-7-9-16(10-8-14)24-21(27)18-20(26)17-6-4-5-15-12-13(2)25(19(15)17)22(18)28/h4-10,13,26H,3,11-12H2,1-2H3,(H,24,27)/t13-/m1/s1. The minimum absolute atomic E-state index is 0.0991. The molecule has 2 heterocycles. The van der Waals surface area contributed by atoms with E-state index < -0.39 is 17.4 Å². The average molecular weight is 406 g/mol. The van der Waals surface area contributed by atoms with Crippen LogP contribution in [0.4, 0.5) is 5.69 Å². The molecule has 1 amide bonds. The number of benzene rings is 2. The summed E-state index contributed by atoms with van der Waals surface area (Å²) in [6, 6.07) is 11.5. The van der Waals surface area contributed by atoms with Crippen LogP contribution in [0.1, 0.15) is 52.6 Å². The monoisotopic (exact) mass is 406 g/mol. The Bertz CT molecular complexity index is 1210. The minimum Gasteiger partial charge on any atom is -0.506 e. The number of aromatic nitrogens is 1. The van der Waals surface area contributed by atoms with E-state index in [2.05, 4.69) is 5.32 Å². The highest BCUT2D eigenvalue weighted by Gasteiger charge is 2.29. The number of hydrogen-bond acceptors (Lipinski definition) is 5. The molecule has 0 fully saturated rings. The maximum absolute atomic E-state index is 13.0. The van der Waals surface area contributed by atoms with E-state index in [0.29, 0.717) is 35.2 Å². The summed E-state index contributed by atoms with van der Waals surface area (Å²) >= 11 is 0. The summed E-state index contributed by atoms with van der Waals surface area (Å²) in [5.41, 5.74) is 1.61. The first-order chi connectivity index (χ1) is 14.4. The summed E-state index contributed by atoms with van der Waals surface area (Å²) in [5.74, 6) is -1.46. The highest BCUT2D eigenvalue weighted by atomic mass is 16.5. The topological polar surface area (TPSA) is 97.6 Å². The Hall–Kier alpha value is -3.61. The second kappa shape index (κ2) is 7.67. The molecule has 2 N–H and O–H groups in total. The van der Waals surface area contributed by atoms with Crippen LogP contribution in [0, 0.1) is 0 Å². The van der Waals surface area contributed by atoms with Gasteiger partial charge in [0, 0.05) is 17.1 Å². The number of aromatic hydroxyl groups is 1. The predicted octanol–water partition coefficient (Wildman–Crippen LogP) is 3.64. The summed E-state index contributed by atoms with van der Waals surface area (Å²) < 4.78 is 6.65. The second-order valence-electron chi connectivity index (χ2n) is 7.43. The van der Waals surface area contributed by atoms with E-state index in [1.54, 1.807) is 22.8 Å². The molecule has 0 unspecified atom stereocenters. The molecule has 2 aromatic carbocycles. The van der Waals surface area contributed by atoms with Crippen molar-refractivity contribution in [1.29, 1.82) is 0 Å². The Kier molecular flexibility index (Phi) is 5.03. The van der Waals surface area contributed by atoms with Gasteiger partial charge in [-0.1, -0.05) is 19.1 Å². The van der Waals surface area contributed by atoms with Crippen molar-refractivity contribution in [3.05, 3.63) is 69.5 Å². The van der Waals surface area contributed by atoms with Crippen LogP contribution in [0.2, 0.25) is 0 Å². The van der Waals surface area contributed by atoms with E-state index >= 15 is 0 Å². The van der Waals surface area contributed by atoms with Gasteiger partial charge in [0.25, 0.3) is 11.5 Å². The van der Waals surface area contributed by atoms with Crippen LogP contribution < -0.4 is 10.9 Å². The highest BCUT2D eigenvalue weighted by molar-refractivity contribution is 6.09. The van der Waals surface area contributed by atoms with Gasteiger partial charge in [0.05, 0.1) is 17.7 Å². The minimum atomic E-state index is -0.700. The van der Waals surface area contributed by atoms with E-state index in [0.717, 1.165) is 12.0 Å². The fraction of sp³-hybridized carbons (Fsp3) is 0.261. The van der Waals surface area contributed by atoms with Crippen LogP contribution in [-0.2, 0) is 11.2 Å². The van der Waals surface area contributed by atoms with Gasteiger partial charge in [-0.15, -0.1) is 0 Å². The highest BCUT2D eigenvalue weighted by Crippen LogP contribution is 2.36. The van der Waals surface area contributed by atoms with Gasteiger partial charge in [0.15, 0.2) is 0 Å². The fourth-order valence-corrected chi connectivity index (χ4v) is 3.89. The summed E-state index contributed by atoms with van der Waals surface area (Å²) in [6.07, 6.45) is 1.40. The van der Waals surface area contributed by atoms with Crippen molar-refractivity contribution >= 4 is 28.5 Å². The number of rotatable bonds is 5. The van der Waals surface area contributed by atoms with E-state index in [9.17, 15) is 19.5 Å². The number of esters is 1. The van der Waals surface area contributed by atoms with Gasteiger partial charge in [-0.2, -0.15) is 0 Å². The summed E-state index contributed by atoms with van der Waals surface area (Å²) in [4.78, 5) is 37.8. The number of ether oxygens (including phenoxy) is 1. The lowest BCUT2D eigenvalue weighted by atomic mass is 10.1. The summed E-state index contributed by atoms with van der Waals surface area (Å²) in [6.45, 7) is 4.16. The maximum atomic E-state index is 13.0. The van der Waals surface area contributed by atoms with Gasteiger partial charge < -0.3 is 19.7 Å². The molecule has 1 aliphatic heterocycles. The Morgan fingerprint density at radius 1 is 1.20 bits per heavy atom. The van der Waals surface area contributed by atoms with Crippen LogP contribution in [0.25, 0.3) is 10.9 Å². The molecule has 0 saturated carbocycles. The Balaban J connectivity index is 1.65. The lowest BCUT2D eigenvalue weighted by Gasteiger charge is -2.14. The molecule has 0 radical (unpaired) electrons. The number of pyridine rings is 1. The van der Waals surface area contributed by atoms with Crippen LogP contribution in [0.3, 0.4) is 0 Å². The first kappa shape index (κ1) is 19.7. The Morgan fingerprint density at radius 2 is 1.93 bits per heavy atom. The van der Waals surface area contributed by atoms with Crippen molar-refractivity contribution < 1.29 is 19.4 Å². The maximum Gasteiger partial charge on any atom is 0.338 e. The molecular weight excluding hydrogens is 384 g/mol. The molecule has 1 aromatic heterocycles. The van der Waals surface area contributed by atoms with Gasteiger partial charge in [0.2, 0.25) is 0 Å². The van der Waals surface area contributed by atoms with Gasteiger partial charge in [0.1, 0.15) is 11.3 Å². The smallest absolute Gasteiger partial charge is 0.338 e. The van der Waals surface area contributed by atoms with Crippen LogP contribution in [-0.4, -0.2) is 28.2 Å². The molecule has 1 atom stereocenters. The normalized spacial score (nSPS) is 14.7. The van der Waals surface area contributed by atoms with Gasteiger partial charge in [-0.3, -0.25) is 9.59 Å². The Morgan fingerprint density at radius 3 is 2.63 bits per heavy atom. The molecule has 7 nitrogen and oxygen atoms in total. The number of amides is 1. The van der Waals surface area contributed by atoms with Crippen LogP contribution in [0.5, 0.6) is 5.75 Å². The first-order valence-electron chi connectivity index (χ1n) is 9.90. The molecule has 0 bridgehead atoms. The van der Waals surface area contributed by atoms with Crippen molar-refractivity contribution in [2.45, 2.75) is 32.7 Å². The average Bonchev–Trinajstić information content (AvgIpc) is 3.07. The lowest BCUT2D eigenvalue weighted by Crippen LogP contribution is -2.30. The van der Waals surface area contributed by atoms with E-state index in [4.69, 9.17) is 4.74 Å². The molecule has 4 rings (SSSR count). The largest absolute Gasteiger partial charge is 0.506 e. The molecule has 3 aromatic rings. The number of nitrogens with zero attached hydrogens (tertiary/aromatic N) is 1.